The van der Waals surface area contributed by atoms with Gasteiger partial charge in [0, 0.05) is 26.7 Å². The molecule has 0 radical (unpaired) electrons. The van der Waals surface area contributed by atoms with E-state index < -0.39 is 0 Å². The van der Waals surface area contributed by atoms with Gasteiger partial charge in [0.2, 0.25) is 0 Å². The number of fused-ring (bicyclic) bond motifs is 1. The zero-order chi connectivity index (χ0) is 10.1. The average Bonchev–Trinajstić information content (AvgIpc) is 2.53. The van der Waals surface area contributed by atoms with Crippen LogP contribution in [0.3, 0.4) is 0 Å². The summed E-state index contributed by atoms with van der Waals surface area (Å²) in [7, 11) is 0. The third-order valence-corrected chi connectivity index (χ3v) is 3.16. The first-order valence-corrected chi connectivity index (χ1v) is 4.96. The maximum atomic E-state index is 9.48. The van der Waals surface area contributed by atoms with Crippen molar-refractivity contribution in [2.45, 2.75) is 6.42 Å². The molecule has 2 aromatic rings. The molecule has 3 N–H and O–H groups in total. The molecule has 0 amide bonds. The number of nitrogens with two attached hydrogens (primary N) is 1. The Balaban J connectivity index is 2.78. The number of benzene rings is 1. The van der Waals surface area contributed by atoms with Gasteiger partial charge in [-0.15, -0.1) is 11.3 Å². The van der Waals surface area contributed by atoms with Crippen molar-refractivity contribution in [3.05, 3.63) is 23.1 Å². The van der Waals surface area contributed by atoms with Crippen LogP contribution in [-0.2, 0) is 6.42 Å². The zero-order valence-electron chi connectivity index (χ0n) is 7.32. The second-order valence-electron chi connectivity index (χ2n) is 2.97. The van der Waals surface area contributed by atoms with Gasteiger partial charge in [-0.2, -0.15) is 5.26 Å². The molecule has 0 aliphatic rings. The normalized spacial score (nSPS) is 10.2. The van der Waals surface area contributed by atoms with E-state index >= 15 is 0 Å². The number of nitrogens with zero attached hydrogens (tertiary/aromatic N) is 1. The summed E-state index contributed by atoms with van der Waals surface area (Å²) in [5.41, 5.74) is 7.18. The first-order valence-electron chi connectivity index (χ1n) is 4.08. The van der Waals surface area contributed by atoms with Gasteiger partial charge in [0.15, 0.2) is 0 Å². The Kier molecular flexibility index (Phi) is 2.02. The molecule has 70 valence electrons. The predicted molar refractivity (Wildman–Crippen MR) is 57.2 cm³/mol. The molecular formula is C10H8N2OS. The fraction of sp³-hybridized carbons (Fsp3) is 0.100. The zero-order valence-corrected chi connectivity index (χ0v) is 8.14. The predicted octanol–water partition coefficient (Wildman–Crippen LogP) is 2.26. The number of nitriles is 1. The van der Waals surface area contributed by atoms with Gasteiger partial charge in [-0.25, -0.2) is 0 Å². The minimum absolute atomic E-state index is 0.254. The van der Waals surface area contributed by atoms with E-state index in [2.05, 4.69) is 6.07 Å². The van der Waals surface area contributed by atoms with E-state index in [4.69, 9.17) is 11.0 Å². The third kappa shape index (κ3) is 1.19. The minimum Gasteiger partial charge on any atom is -0.506 e. The molecule has 0 atom stereocenters. The maximum absolute atomic E-state index is 9.48. The number of hydrogen-bond acceptors (Lipinski definition) is 4. The second kappa shape index (κ2) is 3.20. The summed E-state index contributed by atoms with van der Waals surface area (Å²) in [5, 5.41) is 20.6. The van der Waals surface area contributed by atoms with E-state index in [1.807, 2.05) is 0 Å². The van der Waals surface area contributed by atoms with Crippen molar-refractivity contribution in [3.63, 3.8) is 0 Å². The first-order chi connectivity index (χ1) is 6.74. The van der Waals surface area contributed by atoms with Crippen LogP contribution in [0.25, 0.3) is 10.1 Å². The Bertz CT molecular complexity index is 525. The molecule has 0 unspecified atom stereocenters. The number of anilines is 1. The molecule has 1 heterocycles. The van der Waals surface area contributed by atoms with Crippen molar-refractivity contribution in [1.82, 2.24) is 0 Å². The Labute approximate surface area is 85.0 Å². The van der Waals surface area contributed by atoms with Crippen LogP contribution in [0.4, 0.5) is 5.69 Å². The van der Waals surface area contributed by atoms with Crippen molar-refractivity contribution >= 4 is 27.1 Å². The number of aromatic hydroxyl groups is 1. The van der Waals surface area contributed by atoms with Gasteiger partial charge in [0.1, 0.15) is 5.75 Å². The molecule has 0 fully saturated rings. The van der Waals surface area contributed by atoms with Crippen LogP contribution in [0, 0.1) is 11.3 Å². The standard InChI is InChI=1S/C10H8N2OS/c11-4-3-6-8(12)2-1-7-9(13)5-14-10(6)7/h1-2,5,13H,3,12H2. The van der Waals surface area contributed by atoms with Crippen molar-refractivity contribution < 1.29 is 5.11 Å². The summed E-state index contributed by atoms with van der Waals surface area (Å²) in [6, 6.07) is 5.57. The fourth-order valence-corrected chi connectivity index (χ4v) is 2.41. The van der Waals surface area contributed by atoms with E-state index in [1.54, 1.807) is 17.5 Å². The number of nitrogen functional groups attached to an aromatic ring is 1. The quantitative estimate of drug-likeness (QED) is 0.700. The largest absolute Gasteiger partial charge is 0.506 e. The van der Waals surface area contributed by atoms with Crippen molar-refractivity contribution in [2.75, 3.05) is 5.73 Å². The average molecular weight is 204 g/mol. The fourth-order valence-electron chi connectivity index (χ4n) is 1.42. The molecule has 1 aromatic heterocycles. The van der Waals surface area contributed by atoms with E-state index in [-0.39, 0.29) is 12.2 Å². The third-order valence-electron chi connectivity index (χ3n) is 2.12. The number of rotatable bonds is 1. The molecule has 2 rings (SSSR count). The molecule has 0 saturated carbocycles. The molecule has 4 heteroatoms. The smallest absolute Gasteiger partial charge is 0.134 e. The Morgan fingerprint density at radius 3 is 3.00 bits per heavy atom. The van der Waals surface area contributed by atoms with Gasteiger partial charge in [0.05, 0.1) is 12.5 Å². The Morgan fingerprint density at radius 1 is 1.50 bits per heavy atom. The molecule has 0 bridgehead atoms. The van der Waals surface area contributed by atoms with Crippen LogP contribution in [0.5, 0.6) is 5.75 Å². The number of thiophene rings is 1. The van der Waals surface area contributed by atoms with Crippen LogP contribution in [0.15, 0.2) is 17.5 Å². The lowest BCUT2D eigenvalue weighted by atomic mass is 10.1. The summed E-state index contributed by atoms with van der Waals surface area (Å²) >= 11 is 1.41. The van der Waals surface area contributed by atoms with Gasteiger partial charge < -0.3 is 10.8 Å². The molecule has 0 saturated heterocycles. The van der Waals surface area contributed by atoms with Crippen molar-refractivity contribution in [3.8, 4) is 11.8 Å². The van der Waals surface area contributed by atoms with Gasteiger partial charge in [-0.05, 0) is 12.1 Å². The summed E-state index contributed by atoms with van der Waals surface area (Å²) < 4.78 is 0.907. The lowest BCUT2D eigenvalue weighted by Crippen LogP contribution is -1.92. The molecular weight excluding hydrogens is 196 g/mol. The molecule has 1 aromatic carbocycles. The molecule has 0 aliphatic heterocycles. The lowest BCUT2D eigenvalue weighted by Gasteiger charge is -2.02. The van der Waals surface area contributed by atoms with E-state index in [1.165, 1.54) is 11.3 Å². The highest BCUT2D eigenvalue weighted by molar-refractivity contribution is 7.17. The molecule has 0 spiro atoms. The van der Waals surface area contributed by atoms with Crippen molar-refractivity contribution in [1.29, 1.82) is 5.26 Å². The van der Waals surface area contributed by atoms with Gasteiger partial charge in [0.25, 0.3) is 0 Å². The minimum atomic E-state index is 0.254. The highest BCUT2D eigenvalue weighted by Crippen LogP contribution is 2.36. The maximum Gasteiger partial charge on any atom is 0.134 e. The number of hydrogen-bond donors (Lipinski definition) is 2. The van der Waals surface area contributed by atoms with Crippen LogP contribution >= 0.6 is 11.3 Å². The highest BCUT2D eigenvalue weighted by atomic mass is 32.1. The summed E-state index contributed by atoms with van der Waals surface area (Å²) in [6.45, 7) is 0. The summed E-state index contributed by atoms with van der Waals surface area (Å²) in [5.74, 6) is 0.254. The van der Waals surface area contributed by atoms with E-state index in [0.29, 0.717) is 5.69 Å². The van der Waals surface area contributed by atoms with E-state index in [0.717, 1.165) is 15.6 Å². The van der Waals surface area contributed by atoms with Crippen molar-refractivity contribution in [2.24, 2.45) is 0 Å². The Hall–Kier alpha value is -1.73. The van der Waals surface area contributed by atoms with Crippen LogP contribution in [-0.4, -0.2) is 5.11 Å². The van der Waals surface area contributed by atoms with Gasteiger partial charge in [-0.3, -0.25) is 0 Å². The first kappa shape index (κ1) is 8.85. The van der Waals surface area contributed by atoms with Crippen LogP contribution in [0.1, 0.15) is 5.56 Å². The highest BCUT2D eigenvalue weighted by Gasteiger charge is 2.09. The molecule has 14 heavy (non-hydrogen) atoms. The topological polar surface area (TPSA) is 70.0 Å². The van der Waals surface area contributed by atoms with E-state index in [9.17, 15) is 5.11 Å². The van der Waals surface area contributed by atoms with Crippen LogP contribution < -0.4 is 5.73 Å². The Morgan fingerprint density at radius 2 is 2.29 bits per heavy atom. The van der Waals surface area contributed by atoms with Gasteiger partial charge in [-0.1, -0.05) is 0 Å². The SMILES string of the molecule is N#CCc1c(N)ccc2c(O)csc12. The second-order valence-corrected chi connectivity index (χ2v) is 3.85. The summed E-state index contributed by atoms with van der Waals surface area (Å²) in [4.78, 5) is 0. The van der Waals surface area contributed by atoms with Crippen LogP contribution in [0.2, 0.25) is 0 Å². The summed E-state index contributed by atoms with van der Waals surface area (Å²) in [6.07, 6.45) is 0.281. The molecule has 3 nitrogen and oxygen atoms in total. The lowest BCUT2D eigenvalue weighted by molar-refractivity contribution is 0.483. The monoisotopic (exact) mass is 204 g/mol. The van der Waals surface area contributed by atoms with Gasteiger partial charge >= 0.3 is 0 Å². The molecule has 0 aliphatic carbocycles.